The van der Waals surface area contributed by atoms with E-state index in [4.69, 9.17) is 16.3 Å². The topological polar surface area (TPSA) is 58.2 Å². The number of fused-ring (bicyclic) bond motifs is 3. The van der Waals surface area contributed by atoms with Crippen molar-refractivity contribution in [1.29, 1.82) is 0 Å². The highest BCUT2D eigenvalue weighted by atomic mass is 35.5. The predicted octanol–water partition coefficient (Wildman–Crippen LogP) is 4.28. The van der Waals surface area contributed by atoms with Crippen LogP contribution in [-0.2, 0) is 24.4 Å². The van der Waals surface area contributed by atoms with Crippen molar-refractivity contribution in [2.24, 2.45) is 14.1 Å². The molecule has 0 N–H and O–H groups in total. The summed E-state index contributed by atoms with van der Waals surface area (Å²) in [6.07, 6.45) is -0.366. The van der Waals surface area contributed by atoms with Crippen LogP contribution in [0.25, 0.3) is 22.2 Å². The first-order valence-corrected chi connectivity index (χ1v) is 11.2. The summed E-state index contributed by atoms with van der Waals surface area (Å²) in [5.74, 6) is 0. The van der Waals surface area contributed by atoms with E-state index in [9.17, 15) is 9.59 Å². The highest BCUT2D eigenvalue weighted by Crippen LogP contribution is 2.46. The molecule has 8 heteroatoms. The summed E-state index contributed by atoms with van der Waals surface area (Å²) in [4.78, 5) is 27.4. The summed E-state index contributed by atoms with van der Waals surface area (Å²) in [5.41, 5.74) is 2.00. The lowest BCUT2D eigenvalue weighted by atomic mass is 10.0. The van der Waals surface area contributed by atoms with E-state index in [1.54, 1.807) is 23.0 Å². The molecule has 1 atom stereocenters. The Labute approximate surface area is 187 Å². The Bertz CT molecular complexity index is 1430. The van der Waals surface area contributed by atoms with Gasteiger partial charge in [0.2, 0.25) is 0 Å². The third kappa shape index (κ3) is 2.87. The van der Waals surface area contributed by atoms with Crippen molar-refractivity contribution in [2.45, 2.75) is 25.5 Å². The van der Waals surface area contributed by atoms with Crippen molar-refractivity contribution in [3.05, 3.63) is 78.2 Å². The fourth-order valence-corrected chi connectivity index (χ4v) is 5.44. The minimum absolute atomic E-state index is 0.314. The van der Waals surface area contributed by atoms with Crippen LogP contribution in [-0.4, -0.2) is 20.3 Å². The molecule has 6 nitrogen and oxygen atoms in total. The number of halogens is 1. The van der Waals surface area contributed by atoms with Crippen LogP contribution in [0.3, 0.4) is 0 Å². The molecular formula is C23H22ClN3O3S. The molecule has 1 aliphatic rings. The molecule has 0 aliphatic carbocycles. The fourth-order valence-electron chi connectivity index (χ4n) is 4.54. The third-order valence-corrected chi connectivity index (χ3v) is 7.15. The molecule has 0 unspecified atom stereocenters. The zero-order chi connectivity index (χ0) is 22.1. The van der Waals surface area contributed by atoms with Gasteiger partial charge in [-0.15, -0.1) is 11.3 Å². The number of nitrogens with zero attached hydrogens (tertiary/aromatic N) is 3. The molecule has 4 aromatic rings. The first kappa shape index (κ1) is 20.3. The second-order valence-electron chi connectivity index (χ2n) is 8.52. The van der Waals surface area contributed by atoms with Crippen molar-refractivity contribution in [3.63, 3.8) is 0 Å². The molecule has 4 heterocycles. The van der Waals surface area contributed by atoms with Crippen molar-refractivity contribution in [1.82, 2.24) is 13.7 Å². The molecule has 0 saturated carbocycles. The van der Waals surface area contributed by atoms with Crippen molar-refractivity contribution in [2.75, 3.05) is 6.61 Å². The average molecular weight is 456 g/mol. The Morgan fingerprint density at radius 1 is 1.10 bits per heavy atom. The van der Waals surface area contributed by atoms with Crippen molar-refractivity contribution in [3.8, 4) is 11.3 Å². The number of ether oxygens (including phenoxy) is 1. The molecule has 0 saturated heterocycles. The lowest BCUT2D eigenvalue weighted by Gasteiger charge is -2.39. The van der Waals surface area contributed by atoms with E-state index in [1.165, 1.54) is 11.6 Å². The molecular weight excluding hydrogens is 434 g/mol. The normalized spacial score (nSPS) is 17.8. The summed E-state index contributed by atoms with van der Waals surface area (Å²) in [6.45, 7) is 4.64. The van der Waals surface area contributed by atoms with Gasteiger partial charge in [-0.1, -0.05) is 29.8 Å². The van der Waals surface area contributed by atoms with Gasteiger partial charge in [-0.05, 0) is 43.0 Å². The summed E-state index contributed by atoms with van der Waals surface area (Å²) in [6, 6.07) is 11.5. The average Bonchev–Trinajstić information content (AvgIpc) is 3.39. The summed E-state index contributed by atoms with van der Waals surface area (Å²) >= 11 is 7.75. The van der Waals surface area contributed by atoms with Gasteiger partial charge < -0.3 is 9.30 Å². The van der Waals surface area contributed by atoms with Gasteiger partial charge >= 0.3 is 5.69 Å². The standard InChI is InChI=1S/C23H22ClN3O3S/c1-23(2)12-30-20(15-6-5-11-31-15)19-18-16(21(28)26(4)22(29)25(18)3)17(27(19)23)13-7-9-14(24)10-8-13/h5-11,20H,12H2,1-4H3/t20-/m0/s1. The Morgan fingerprint density at radius 3 is 2.45 bits per heavy atom. The fraction of sp³-hybridized carbons (Fsp3) is 0.304. The van der Waals surface area contributed by atoms with Crippen LogP contribution in [0.1, 0.15) is 30.5 Å². The van der Waals surface area contributed by atoms with Gasteiger partial charge in [0.15, 0.2) is 0 Å². The van der Waals surface area contributed by atoms with E-state index < -0.39 is 5.54 Å². The molecule has 5 rings (SSSR count). The summed E-state index contributed by atoms with van der Waals surface area (Å²) in [7, 11) is 3.23. The predicted molar refractivity (Wildman–Crippen MR) is 124 cm³/mol. The maximum atomic E-state index is 13.5. The van der Waals surface area contributed by atoms with E-state index in [0.29, 0.717) is 22.5 Å². The molecule has 0 spiro atoms. The van der Waals surface area contributed by atoms with Crippen LogP contribution in [0.15, 0.2) is 51.4 Å². The lowest BCUT2D eigenvalue weighted by Crippen LogP contribution is -2.40. The number of thiophene rings is 1. The minimum atomic E-state index is -0.432. The third-order valence-electron chi connectivity index (χ3n) is 5.98. The van der Waals surface area contributed by atoms with Gasteiger partial charge in [0.25, 0.3) is 5.56 Å². The van der Waals surface area contributed by atoms with E-state index in [2.05, 4.69) is 18.4 Å². The zero-order valence-electron chi connectivity index (χ0n) is 17.7. The van der Waals surface area contributed by atoms with Gasteiger partial charge in [-0.25, -0.2) is 4.79 Å². The van der Waals surface area contributed by atoms with Crippen LogP contribution in [0, 0.1) is 0 Å². The molecule has 0 bridgehead atoms. The highest BCUT2D eigenvalue weighted by Gasteiger charge is 2.40. The smallest absolute Gasteiger partial charge is 0.331 e. The molecule has 1 aliphatic heterocycles. The summed E-state index contributed by atoms with van der Waals surface area (Å²) in [5, 5.41) is 3.14. The number of aryl methyl sites for hydroxylation is 1. The number of hydrogen-bond acceptors (Lipinski definition) is 4. The van der Waals surface area contributed by atoms with Crippen LogP contribution >= 0.6 is 22.9 Å². The number of hydrogen-bond donors (Lipinski definition) is 0. The molecule has 160 valence electrons. The van der Waals surface area contributed by atoms with Crippen molar-refractivity contribution < 1.29 is 4.74 Å². The Hall–Kier alpha value is -2.61. The van der Waals surface area contributed by atoms with Crippen LogP contribution in [0.4, 0.5) is 0 Å². The second-order valence-corrected chi connectivity index (χ2v) is 9.94. The molecule has 1 aromatic carbocycles. The first-order chi connectivity index (χ1) is 14.7. The zero-order valence-corrected chi connectivity index (χ0v) is 19.3. The molecule has 3 aromatic heterocycles. The van der Waals surface area contributed by atoms with E-state index in [1.807, 2.05) is 41.8 Å². The van der Waals surface area contributed by atoms with Crippen LogP contribution in [0.5, 0.6) is 0 Å². The van der Waals surface area contributed by atoms with Gasteiger partial charge in [0.1, 0.15) is 6.10 Å². The Morgan fingerprint density at radius 2 is 1.81 bits per heavy atom. The molecule has 0 amide bonds. The largest absolute Gasteiger partial charge is 0.364 e. The SMILES string of the molecule is Cn1c(=O)c2c(-c3ccc(Cl)cc3)n3c(c2n(C)c1=O)[C@H](c1cccs1)OCC3(C)C. The molecule has 0 fully saturated rings. The molecule has 31 heavy (non-hydrogen) atoms. The maximum absolute atomic E-state index is 13.5. The maximum Gasteiger partial charge on any atom is 0.331 e. The van der Waals surface area contributed by atoms with E-state index in [0.717, 1.165) is 21.8 Å². The van der Waals surface area contributed by atoms with E-state index >= 15 is 0 Å². The highest BCUT2D eigenvalue weighted by molar-refractivity contribution is 7.10. The monoisotopic (exact) mass is 455 g/mol. The van der Waals surface area contributed by atoms with Gasteiger partial charge in [0.05, 0.1) is 34.4 Å². The minimum Gasteiger partial charge on any atom is -0.364 e. The Kier molecular flexibility index (Phi) is 4.55. The van der Waals surface area contributed by atoms with Gasteiger partial charge in [-0.3, -0.25) is 13.9 Å². The Balaban J connectivity index is 2.03. The first-order valence-electron chi connectivity index (χ1n) is 9.98. The van der Waals surface area contributed by atoms with E-state index in [-0.39, 0.29) is 17.4 Å². The lowest BCUT2D eigenvalue weighted by molar-refractivity contribution is -0.00545. The second kappa shape index (κ2) is 6.95. The van der Waals surface area contributed by atoms with Gasteiger partial charge in [-0.2, -0.15) is 0 Å². The quantitative estimate of drug-likeness (QED) is 0.453. The van der Waals surface area contributed by atoms with Crippen LogP contribution < -0.4 is 11.2 Å². The van der Waals surface area contributed by atoms with Crippen LogP contribution in [0.2, 0.25) is 5.02 Å². The van der Waals surface area contributed by atoms with Crippen molar-refractivity contribution >= 4 is 33.8 Å². The number of benzene rings is 1. The number of aromatic nitrogens is 3. The number of rotatable bonds is 2. The van der Waals surface area contributed by atoms with Gasteiger partial charge in [0, 0.05) is 24.0 Å². The summed E-state index contributed by atoms with van der Waals surface area (Å²) < 4.78 is 11.3. The molecule has 0 radical (unpaired) electrons.